The van der Waals surface area contributed by atoms with E-state index in [1.165, 1.54) is 11.3 Å². The highest BCUT2D eigenvalue weighted by Gasteiger charge is 2.25. The van der Waals surface area contributed by atoms with Gasteiger partial charge in [0, 0.05) is 56.9 Å². The molecule has 0 aliphatic carbocycles. The first-order valence-electron chi connectivity index (χ1n) is 8.40. The van der Waals surface area contributed by atoms with Gasteiger partial charge in [-0.1, -0.05) is 13.8 Å². The van der Waals surface area contributed by atoms with Gasteiger partial charge in [-0.2, -0.15) is 0 Å². The zero-order chi connectivity index (χ0) is 16.6. The Kier molecular flexibility index (Phi) is 4.28. The molecule has 0 bridgehead atoms. The lowest BCUT2D eigenvalue weighted by Gasteiger charge is -2.37. The van der Waals surface area contributed by atoms with Crippen LogP contribution >= 0.6 is 0 Å². The molecule has 0 spiro atoms. The third kappa shape index (κ3) is 3.05. The zero-order valence-electron chi connectivity index (χ0n) is 14.2. The summed E-state index contributed by atoms with van der Waals surface area (Å²) in [5.74, 6) is 0.500. The maximum atomic E-state index is 12.1. The molecule has 2 heterocycles. The van der Waals surface area contributed by atoms with Crippen molar-refractivity contribution in [2.24, 2.45) is 5.92 Å². The molecule has 0 atom stereocenters. The molecule has 0 N–H and O–H groups in total. The Bertz CT molecular complexity index is 619. The average molecular weight is 315 g/mol. The summed E-state index contributed by atoms with van der Waals surface area (Å²) in [4.78, 5) is 29.9. The van der Waals surface area contributed by atoms with Crippen molar-refractivity contribution in [3.8, 4) is 0 Å². The highest BCUT2D eigenvalue weighted by Crippen LogP contribution is 2.31. The molecular weight excluding hydrogens is 290 g/mol. The summed E-state index contributed by atoms with van der Waals surface area (Å²) in [5, 5.41) is 0. The van der Waals surface area contributed by atoms with Crippen LogP contribution in [0, 0.1) is 5.92 Å². The fraction of sp³-hybridized carbons (Fsp3) is 0.556. The summed E-state index contributed by atoms with van der Waals surface area (Å²) in [6.45, 7) is 7.21. The number of carbonyl (C=O) groups excluding carboxylic acids is 2. The number of aryl methyl sites for hydroxylation is 1. The Morgan fingerprint density at radius 2 is 1.78 bits per heavy atom. The number of carbonyl (C=O) groups is 2. The molecule has 1 aromatic carbocycles. The number of anilines is 2. The van der Waals surface area contributed by atoms with Crippen LogP contribution in [0.1, 0.15) is 25.8 Å². The van der Waals surface area contributed by atoms with E-state index in [4.69, 9.17) is 0 Å². The minimum Gasteiger partial charge on any atom is -0.368 e. The number of fused-ring (bicyclic) bond motifs is 1. The van der Waals surface area contributed by atoms with E-state index in [2.05, 4.69) is 17.0 Å². The molecule has 1 aromatic rings. The van der Waals surface area contributed by atoms with Crippen molar-refractivity contribution in [1.82, 2.24) is 4.90 Å². The summed E-state index contributed by atoms with van der Waals surface area (Å²) in [6, 6.07) is 6.35. The van der Waals surface area contributed by atoms with Crippen LogP contribution in [0.15, 0.2) is 18.2 Å². The molecular formula is C18H25N3O2. The van der Waals surface area contributed by atoms with Gasteiger partial charge in [0.25, 0.3) is 0 Å². The van der Waals surface area contributed by atoms with E-state index in [0.717, 1.165) is 38.3 Å². The molecule has 0 radical (unpaired) electrons. The third-order valence-electron chi connectivity index (χ3n) is 4.86. The molecule has 23 heavy (non-hydrogen) atoms. The maximum absolute atomic E-state index is 12.1. The molecule has 2 aliphatic rings. The number of piperazine rings is 1. The van der Waals surface area contributed by atoms with Gasteiger partial charge in [0.1, 0.15) is 0 Å². The van der Waals surface area contributed by atoms with E-state index >= 15 is 0 Å². The van der Waals surface area contributed by atoms with E-state index in [-0.39, 0.29) is 17.7 Å². The Balaban J connectivity index is 1.70. The minimum absolute atomic E-state index is 0.0679. The van der Waals surface area contributed by atoms with Crippen molar-refractivity contribution < 1.29 is 9.59 Å². The third-order valence-corrected chi connectivity index (χ3v) is 4.86. The lowest BCUT2D eigenvalue weighted by atomic mass is 10.0. The SMILES string of the molecule is CC(C)C(=O)N1CCN(c2ccc3c(c2)CCC(=O)N3C)CC1. The van der Waals surface area contributed by atoms with Crippen LogP contribution in [-0.4, -0.2) is 49.9 Å². The first-order chi connectivity index (χ1) is 11.0. The standard InChI is InChI=1S/C18H25N3O2/c1-13(2)18(23)21-10-8-20(9-11-21)15-5-6-16-14(12-15)4-7-17(22)19(16)3/h5-6,12-13H,4,7-11H2,1-3H3. The first kappa shape index (κ1) is 15.8. The second kappa shape index (κ2) is 6.22. The van der Waals surface area contributed by atoms with Gasteiger partial charge in [0.2, 0.25) is 11.8 Å². The molecule has 3 rings (SSSR count). The topological polar surface area (TPSA) is 43.9 Å². The van der Waals surface area contributed by atoms with E-state index in [9.17, 15) is 9.59 Å². The number of nitrogens with zero attached hydrogens (tertiary/aromatic N) is 3. The molecule has 124 valence electrons. The molecule has 5 heteroatoms. The fourth-order valence-corrected chi connectivity index (χ4v) is 3.39. The van der Waals surface area contributed by atoms with Gasteiger partial charge in [0.15, 0.2) is 0 Å². The number of benzene rings is 1. The molecule has 1 fully saturated rings. The van der Waals surface area contributed by atoms with Gasteiger partial charge in [-0.15, -0.1) is 0 Å². The summed E-state index contributed by atoms with van der Waals surface area (Å²) >= 11 is 0. The first-order valence-corrected chi connectivity index (χ1v) is 8.40. The van der Waals surface area contributed by atoms with Crippen LogP contribution in [0.2, 0.25) is 0 Å². The van der Waals surface area contributed by atoms with Crippen molar-refractivity contribution in [2.75, 3.05) is 43.0 Å². The Morgan fingerprint density at radius 1 is 1.09 bits per heavy atom. The highest BCUT2D eigenvalue weighted by atomic mass is 16.2. The quantitative estimate of drug-likeness (QED) is 0.837. The Labute approximate surface area is 137 Å². The van der Waals surface area contributed by atoms with Gasteiger partial charge in [0.05, 0.1) is 0 Å². The summed E-state index contributed by atoms with van der Waals surface area (Å²) < 4.78 is 0. The van der Waals surface area contributed by atoms with Gasteiger partial charge in [-0.05, 0) is 30.2 Å². The second-order valence-corrected chi connectivity index (χ2v) is 6.73. The zero-order valence-corrected chi connectivity index (χ0v) is 14.2. The average Bonchev–Trinajstić information content (AvgIpc) is 2.57. The van der Waals surface area contributed by atoms with E-state index < -0.39 is 0 Å². The van der Waals surface area contributed by atoms with Crippen LogP contribution < -0.4 is 9.80 Å². The smallest absolute Gasteiger partial charge is 0.227 e. The molecule has 0 aromatic heterocycles. The second-order valence-electron chi connectivity index (χ2n) is 6.73. The maximum Gasteiger partial charge on any atom is 0.227 e. The van der Waals surface area contributed by atoms with E-state index in [1.807, 2.05) is 31.9 Å². The van der Waals surface area contributed by atoms with Gasteiger partial charge in [-0.3, -0.25) is 9.59 Å². The van der Waals surface area contributed by atoms with Gasteiger partial charge < -0.3 is 14.7 Å². The predicted octanol–water partition coefficient (Wildman–Crippen LogP) is 1.90. The fourth-order valence-electron chi connectivity index (χ4n) is 3.39. The largest absolute Gasteiger partial charge is 0.368 e. The minimum atomic E-state index is 0.0679. The number of hydrogen-bond acceptors (Lipinski definition) is 3. The molecule has 2 amide bonds. The van der Waals surface area contributed by atoms with Crippen LogP contribution in [-0.2, 0) is 16.0 Å². The molecule has 0 saturated carbocycles. The molecule has 1 saturated heterocycles. The normalized spacial score (nSPS) is 18.4. The lowest BCUT2D eigenvalue weighted by molar-refractivity contribution is -0.134. The van der Waals surface area contributed by atoms with Gasteiger partial charge >= 0.3 is 0 Å². The highest BCUT2D eigenvalue weighted by molar-refractivity contribution is 5.96. The van der Waals surface area contributed by atoms with E-state index in [0.29, 0.717) is 6.42 Å². The lowest BCUT2D eigenvalue weighted by Crippen LogP contribution is -2.50. The van der Waals surface area contributed by atoms with Crippen LogP contribution in [0.25, 0.3) is 0 Å². The molecule has 2 aliphatic heterocycles. The summed E-state index contributed by atoms with van der Waals surface area (Å²) in [5.41, 5.74) is 3.46. The molecule has 0 unspecified atom stereocenters. The number of amides is 2. The van der Waals surface area contributed by atoms with Crippen LogP contribution in [0.3, 0.4) is 0 Å². The predicted molar refractivity (Wildman–Crippen MR) is 91.8 cm³/mol. The summed E-state index contributed by atoms with van der Waals surface area (Å²) in [6.07, 6.45) is 1.40. The van der Waals surface area contributed by atoms with Crippen molar-refractivity contribution in [3.63, 3.8) is 0 Å². The van der Waals surface area contributed by atoms with Gasteiger partial charge in [-0.25, -0.2) is 0 Å². The monoisotopic (exact) mass is 315 g/mol. The molecule has 5 nitrogen and oxygen atoms in total. The van der Waals surface area contributed by atoms with Crippen molar-refractivity contribution in [3.05, 3.63) is 23.8 Å². The van der Waals surface area contributed by atoms with Crippen molar-refractivity contribution in [1.29, 1.82) is 0 Å². The van der Waals surface area contributed by atoms with Crippen LogP contribution in [0.4, 0.5) is 11.4 Å². The summed E-state index contributed by atoms with van der Waals surface area (Å²) in [7, 11) is 1.84. The van der Waals surface area contributed by atoms with E-state index in [1.54, 1.807) is 4.90 Å². The van der Waals surface area contributed by atoms with Crippen LogP contribution in [0.5, 0.6) is 0 Å². The number of hydrogen-bond donors (Lipinski definition) is 0. The van der Waals surface area contributed by atoms with Crippen molar-refractivity contribution in [2.45, 2.75) is 26.7 Å². The van der Waals surface area contributed by atoms with Crippen molar-refractivity contribution >= 4 is 23.2 Å². The Morgan fingerprint density at radius 3 is 2.43 bits per heavy atom. The number of rotatable bonds is 2. The Hall–Kier alpha value is -2.04.